The van der Waals surface area contributed by atoms with Gasteiger partial charge in [-0.25, -0.2) is 13.6 Å². The number of hydrogen-bond donors (Lipinski definition) is 0. The van der Waals surface area contributed by atoms with Crippen LogP contribution < -0.4 is 0 Å². The van der Waals surface area contributed by atoms with Crippen LogP contribution in [0.15, 0.2) is 54.6 Å². The summed E-state index contributed by atoms with van der Waals surface area (Å²) in [6, 6.07) is 12.4. The Bertz CT molecular complexity index is 869. The minimum Gasteiger partial charge on any atom is -0.445 e. The summed E-state index contributed by atoms with van der Waals surface area (Å²) in [5.74, 6) is -1.21. The third-order valence-electron chi connectivity index (χ3n) is 4.89. The van der Waals surface area contributed by atoms with E-state index in [9.17, 15) is 13.6 Å². The van der Waals surface area contributed by atoms with Gasteiger partial charge < -0.3 is 9.47 Å². The number of nitrogens with zero attached hydrogens (tertiary/aromatic N) is 1. The standard InChI is InChI=1S/C21H19F2NO3/c22-16-6-7-19(20(23)10-16)15-8-17-12-26-13-18(9-15)24(17)21(25)27-11-14-4-2-1-3-5-14/h1-8,10,17-18H,9,11-13H2. The Kier molecular flexibility index (Phi) is 4.90. The van der Waals surface area contributed by atoms with Crippen molar-refractivity contribution in [2.45, 2.75) is 25.1 Å². The molecule has 0 saturated carbocycles. The van der Waals surface area contributed by atoms with Crippen LogP contribution in [-0.4, -0.2) is 36.3 Å². The van der Waals surface area contributed by atoms with Crippen molar-refractivity contribution >= 4 is 11.7 Å². The molecule has 0 radical (unpaired) electrons. The molecule has 1 fully saturated rings. The predicted molar refractivity (Wildman–Crippen MR) is 95.8 cm³/mol. The maximum Gasteiger partial charge on any atom is 0.411 e. The van der Waals surface area contributed by atoms with Crippen LogP contribution in [0.3, 0.4) is 0 Å². The molecule has 2 aromatic carbocycles. The number of benzene rings is 2. The molecule has 2 aromatic rings. The van der Waals surface area contributed by atoms with Crippen LogP contribution in [0.4, 0.5) is 13.6 Å². The summed E-state index contributed by atoms with van der Waals surface area (Å²) in [5, 5.41) is 0. The molecule has 6 heteroatoms. The van der Waals surface area contributed by atoms with Crippen LogP contribution >= 0.6 is 0 Å². The number of hydrogen-bond acceptors (Lipinski definition) is 3. The second-order valence-corrected chi connectivity index (χ2v) is 6.73. The van der Waals surface area contributed by atoms with Crippen LogP contribution in [0.5, 0.6) is 0 Å². The van der Waals surface area contributed by atoms with Gasteiger partial charge in [0.15, 0.2) is 0 Å². The first-order valence-corrected chi connectivity index (χ1v) is 8.84. The summed E-state index contributed by atoms with van der Waals surface area (Å²) in [6.45, 7) is 0.875. The first kappa shape index (κ1) is 17.7. The lowest BCUT2D eigenvalue weighted by molar-refractivity contribution is -0.0342. The smallest absolute Gasteiger partial charge is 0.411 e. The Morgan fingerprint density at radius 1 is 1.15 bits per heavy atom. The zero-order chi connectivity index (χ0) is 18.8. The van der Waals surface area contributed by atoms with E-state index in [0.717, 1.165) is 17.2 Å². The summed E-state index contributed by atoms with van der Waals surface area (Å²) in [4.78, 5) is 14.3. The molecule has 0 aliphatic carbocycles. The number of fused-ring (bicyclic) bond motifs is 2. The highest BCUT2D eigenvalue weighted by Gasteiger charge is 2.39. The second kappa shape index (κ2) is 7.48. The Labute approximate surface area is 156 Å². The first-order valence-electron chi connectivity index (χ1n) is 8.84. The fraction of sp³-hybridized carbons (Fsp3) is 0.286. The fourth-order valence-electron chi connectivity index (χ4n) is 3.62. The van der Waals surface area contributed by atoms with Gasteiger partial charge in [-0.05, 0) is 29.7 Å². The average Bonchev–Trinajstić information content (AvgIpc) is 2.66. The zero-order valence-corrected chi connectivity index (χ0v) is 14.6. The minimum atomic E-state index is -0.609. The Morgan fingerprint density at radius 2 is 1.96 bits per heavy atom. The molecule has 1 saturated heterocycles. The molecule has 2 unspecified atom stereocenters. The highest BCUT2D eigenvalue weighted by atomic mass is 19.1. The van der Waals surface area contributed by atoms with Crippen LogP contribution in [0.2, 0.25) is 0 Å². The number of morpholine rings is 1. The Balaban J connectivity index is 1.52. The molecule has 140 valence electrons. The van der Waals surface area contributed by atoms with Gasteiger partial charge in [-0.2, -0.15) is 0 Å². The molecule has 27 heavy (non-hydrogen) atoms. The van der Waals surface area contributed by atoms with E-state index in [1.54, 1.807) is 4.90 Å². The number of ether oxygens (including phenoxy) is 2. The fourth-order valence-corrected chi connectivity index (χ4v) is 3.62. The van der Waals surface area contributed by atoms with Gasteiger partial charge in [-0.15, -0.1) is 0 Å². The number of rotatable bonds is 3. The minimum absolute atomic E-state index is 0.194. The number of halogens is 2. The van der Waals surface area contributed by atoms with Gasteiger partial charge in [0, 0.05) is 11.6 Å². The molecule has 2 heterocycles. The normalized spacial score (nSPS) is 21.6. The van der Waals surface area contributed by atoms with Crippen molar-refractivity contribution in [1.82, 2.24) is 4.90 Å². The summed E-state index contributed by atoms with van der Waals surface area (Å²) in [6.07, 6.45) is 1.84. The van der Waals surface area contributed by atoms with E-state index in [1.807, 2.05) is 36.4 Å². The van der Waals surface area contributed by atoms with Gasteiger partial charge in [0.2, 0.25) is 0 Å². The lowest BCUT2D eigenvalue weighted by Gasteiger charge is -2.43. The van der Waals surface area contributed by atoms with E-state index < -0.39 is 17.7 Å². The first-order chi connectivity index (χ1) is 13.1. The maximum absolute atomic E-state index is 14.2. The van der Waals surface area contributed by atoms with Crippen LogP contribution in [0.25, 0.3) is 5.57 Å². The number of carbonyl (C=O) groups is 1. The van der Waals surface area contributed by atoms with Gasteiger partial charge in [0.25, 0.3) is 0 Å². The van der Waals surface area contributed by atoms with Crippen molar-refractivity contribution in [3.05, 3.63) is 77.4 Å². The van der Waals surface area contributed by atoms with E-state index in [2.05, 4.69) is 0 Å². The highest BCUT2D eigenvalue weighted by Crippen LogP contribution is 2.34. The molecule has 2 aliphatic heterocycles. The van der Waals surface area contributed by atoms with Crippen LogP contribution in [0, 0.1) is 11.6 Å². The maximum atomic E-state index is 14.2. The van der Waals surface area contributed by atoms with Crippen molar-refractivity contribution in [1.29, 1.82) is 0 Å². The molecule has 1 amide bonds. The number of carbonyl (C=O) groups excluding carboxylic acids is 1. The molecule has 0 spiro atoms. The van der Waals surface area contributed by atoms with E-state index in [1.165, 1.54) is 12.1 Å². The number of amides is 1. The molecule has 0 aromatic heterocycles. The van der Waals surface area contributed by atoms with Crippen molar-refractivity contribution in [3.8, 4) is 0 Å². The van der Waals surface area contributed by atoms with Crippen molar-refractivity contribution < 1.29 is 23.0 Å². The van der Waals surface area contributed by atoms with Gasteiger partial charge in [-0.3, -0.25) is 4.90 Å². The summed E-state index contributed by atoms with van der Waals surface area (Å²) in [5.41, 5.74) is 2.04. The van der Waals surface area contributed by atoms with Crippen molar-refractivity contribution in [2.75, 3.05) is 13.2 Å². The molecule has 4 rings (SSSR count). The van der Waals surface area contributed by atoms with Gasteiger partial charge in [0.1, 0.15) is 18.2 Å². The summed E-state index contributed by atoms with van der Waals surface area (Å²) >= 11 is 0. The molecule has 0 N–H and O–H groups in total. The molecule has 4 nitrogen and oxygen atoms in total. The van der Waals surface area contributed by atoms with E-state index in [-0.39, 0.29) is 18.7 Å². The monoisotopic (exact) mass is 371 g/mol. The van der Waals surface area contributed by atoms with Crippen LogP contribution in [0.1, 0.15) is 17.5 Å². The summed E-state index contributed by atoms with van der Waals surface area (Å²) in [7, 11) is 0. The van der Waals surface area contributed by atoms with Gasteiger partial charge in [0.05, 0.1) is 25.3 Å². The van der Waals surface area contributed by atoms with E-state index in [4.69, 9.17) is 9.47 Å². The lowest BCUT2D eigenvalue weighted by Crippen LogP contribution is -2.56. The predicted octanol–water partition coefficient (Wildman–Crippen LogP) is 4.16. The third kappa shape index (κ3) is 3.71. The molecule has 2 aliphatic rings. The average molecular weight is 371 g/mol. The zero-order valence-electron chi connectivity index (χ0n) is 14.6. The Hall–Kier alpha value is -2.73. The van der Waals surface area contributed by atoms with Gasteiger partial charge in [-0.1, -0.05) is 36.4 Å². The van der Waals surface area contributed by atoms with Crippen molar-refractivity contribution in [2.24, 2.45) is 0 Å². The van der Waals surface area contributed by atoms with Crippen LogP contribution in [-0.2, 0) is 16.1 Å². The molecule has 2 atom stereocenters. The topological polar surface area (TPSA) is 38.8 Å². The molecule has 2 bridgehead atoms. The SMILES string of the molecule is O=C(OCc1ccccc1)N1C2C=C(c3ccc(F)cc3F)CC1COC2. The Morgan fingerprint density at radius 3 is 2.70 bits per heavy atom. The van der Waals surface area contributed by atoms with Gasteiger partial charge >= 0.3 is 6.09 Å². The quantitative estimate of drug-likeness (QED) is 0.813. The largest absolute Gasteiger partial charge is 0.445 e. The van der Waals surface area contributed by atoms with E-state index in [0.29, 0.717) is 25.2 Å². The molecular weight excluding hydrogens is 352 g/mol. The highest BCUT2D eigenvalue weighted by molar-refractivity contribution is 5.74. The summed E-state index contributed by atoms with van der Waals surface area (Å²) < 4.78 is 38.4. The lowest BCUT2D eigenvalue weighted by atomic mass is 9.90. The third-order valence-corrected chi connectivity index (χ3v) is 4.89. The van der Waals surface area contributed by atoms with E-state index >= 15 is 0 Å². The van der Waals surface area contributed by atoms with Crippen molar-refractivity contribution in [3.63, 3.8) is 0 Å². The molecular formula is C21H19F2NO3. The second-order valence-electron chi connectivity index (χ2n) is 6.73.